The summed E-state index contributed by atoms with van der Waals surface area (Å²) in [5, 5.41) is 4.34. The number of esters is 1. The summed E-state index contributed by atoms with van der Waals surface area (Å²) in [6.45, 7) is 3.90. The van der Waals surface area contributed by atoms with Crippen molar-refractivity contribution < 1.29 is 9.53 Å². The number of hydrogen-bond acceptors (Lipinski definition) is 5. The van der Waals surface area contributed by atoms with E-state index in [0.717, 1.165) is 17.0 Å². The molecule has 0 saturated carbocycles. The lowest BCUT2D eigenvalue weighted by Crippen LogP contribution is -2.16. The van der Waals surface area contributed by atoms with Gasteiger partial charge in [0.2, 0.25) is 0 Å². The maximum absolute atomic E-state index is 12.0. The number of ether oxygens (including phenoxy) is 1. The van der Waals surface area contributed by atoms with Crippen LogP contribution in [-0.2, 0) is 29.6 Å². The summed E-state index contributed by atoms with van der Waals surface area (Å²) in [6, 6.07) is 6.69. The standard InChI is InChI=1S/C18H20N4O3/c1-12-15(13(2)21(3)20-12)7-8-18(24)25-11-14-10-17(23)22-9-5-4-6-16(22)19-14/h4-6,9-10H,7-8,11H2,1-3H3. The summed E-state index contributed by atoms with van der Waals surface area (Å²) in [7, 11) is 1.88. The Hall–Kier alpha value is -2.96. The Morgan fingerprint density at radius 3 is 2.80 bits per heavy atom. The zero-order chi connectivity index (χ0) is 18.0. The summed E-state index contributed by atoms with van der Waals surface area (Å²) in [5.74, 6) is -0.322. The van der Waals surface area contributed by atoms with Gasteiger partial charge in [-0.15, -0.1) is 0 Å². The van der Waals surface area contributed by atoms with Gasteiger partial charge in [0.05, 0.1) is 11.4 Å². The minimum Gasteiger partial charge on any atom is -0.459 e. The van der Waals surface area contributed by atoms with Gasteiger partial charge in [-0.2, -0.15) is 5.10 Å². The molecule has 0 amide bonds. The van der Waals surface area contributed by atoms with Gasteiger partial charge in [-0.25, -0.2) is 4.98 Å². The molecule has 3 heterocycles. The molecule has 0 aromatic carbocycles. The highest BCUT2D eigenvalue weighted by Gasteiger charge is 2.12. The molecule has 0 radical (unpaired) electrons. The summed E-state index contributed by atoms with van der Waals surface area (Å²) in [6.07, 6.45) is 2.50. The van der Waals surface area contributed by atoms with E-state index in [9.17, 15) is 9.59 Å². The SMILES string of the molecule is Cc1nn(C)c(C)c1CCC(=O)OCc1cc(=O)n2ccccc2n1. The van der Waals surface area contributed by atoms with Gasteiger partial charge in [0, 0.05) is 31.4 Å². The second-order valence-corrected chi connectivity index (χ2v) is 5.95. The third-order valence-electron chi connectivity index (χ3n) is 4.24. The van der Waals surface area contributed by atoms with Gasteiger partial charge in [-0.3, -0.25) is 18.7 Å². The molecule has 0 saturated heterocycles. The molecule has 0 spiro atoms. The van der Waals surface area contributed by atoms with E-state index in [1.807, 2.05) is 25.6 Å². The van der Waals surface area contributed by atoms with Crippen molar-refractivity contribution in [3.05, 3.63) is 63.5 Å². The second kappa shape index (κ2) is 6.88. The van der Waals surface area contributed by atoms with Crippen LogP contribution in [0.25, 0.3) is 5.65 Å². The number of aromatic nitrogens is 4. The topological polar surface area (TPSA) is 78.5 Å². The van der Waals surface area contributed by atoms with E-state index in [1.54, 1.807) is 24.4 Å². The molecule has 7 heteroatoms. The number of aryl methyl sites for hydroxylation is 2. The van der Waals surface area contributed by atoms with Crippen molar-refractivity contribution in [3.8, 4) is 0 Å². The minimum atomic E-state index is -0.322. The average Bonchev–Trinajstić information content (AvgIpc) is 2.83. The molecule has 0 fully saturated rings. The molecule has 0 aliphatic carbocycles. The molecular formula is C18H20N4O3. The fraction of sp³-hybridized carbons (Fsp3) is 0.333. The quantitative estimate of drug-likeness (QED) is 0.661. The summed E-state index contributed by atoms with van der Waals surface area (Å²) in [4.78, 5) is 28.3. The van der Waals surface area contributed by atoms with Crippen LogP contribution in [0.4, 0.5) is 0 Å². The number of carbonyl (C=O) groups excluding carboxylic acids is 1. The molecule has 0 aliphatic rings. The predicted molar refractivity (Wildman–Crippen MR) is 92.3 cm³/mol. The monoisotopic (exact) mass is 340 g/mol. The van der Waals surface area contributed by atoms with E-state index >= 15 is 0 Å². The molecule has 130 valence electrons. The zero-order valence-electron chi connectivity index (χ0n) is 14.5. The van der Waals surface area contributed by atoms with Gasteiger partial charge in [-0.1, -0.05) is 6.07 Å². The van der Waals surface area contributed by atoms with Crippen LogP contribution in [0.2, 0.25) is 0 Å². The Labute approximate surface area is 144 Å². The molecule has 3 rings (SSSR count). The first-order valence-corrected chi connectivity index (χ1v) is 8.07. The second-order valence-electron chi connectivity index (χ2n) is 5.95. The third-order valence-corrected chi connectivity index (χ3v) is 4.24. The van der Waals surface area contributed by atoms with Crippen molar-refractivity contribution in [2.75, 3.05) is 0 Å². The van der Waals surface area contributed by atoms with E-state index in [0.29, 0.717) is 17.8 Å². The van der Waals surface area contributed by atoms with Crippen LogP contribution in [0.15, 0.2) is 35.3 Å². The van der Waals surface area contributed by atoms with E-state index in [2.05, 4.69) is 10.1 Å². The van der Waals surface area contributed by atoms with Crippen LogP contribution in [0.5, 0.6) is 0 Å². The third kappa shape index (κ3) is 3.60. The lowest BCUT2D eigenvalue weighted by atomic mass is 10.1. The molecule has 3 aromatic rings. The van der Waals surface area contributed by atoms with Gasteiger partial charge in [0.25, 0.3) is 5.56 Å². The predicted octanol–water partition coefficient (Wildman–Crippen LogP) is 1.72. The van der Waals surface area contributed by atoms with Crippen molar-refractivity contribution in [3.63, 3.8) is 0 Å². The van der Waals surface area contributed by atoms with E-state index in [4.69, 9.17) is 4.74 Å². The average molecular weight is 340 g/mol. The maximum atomic E-state index is 12.0. The Balaban J connectivity index is 1.62. The van der Waals surface area contributed by atoms with Crippen molar-refractivity contribution >= 4 is 11.6 Å². The highest BCUT2D eigenvalue weighted by atomic mass is 16.5. The van der Waals surface area contributed by atoms with Crippen molar-refractivity contribution in [2.45, 2.75) is 33.3 Å². The number of nitrogens with zero attached hydrogens (tertiary/aromatic N) is 4. The van der Waals surface area contributed by atoms with Gasteiger partial charge in [-0.05, 0) is 38.0 Å². The smallest absolute Gasteiger partial charge is 0.306 e. The molecule has 0 aliphatic heterocycles. The molecule has 0 unspecified atom stereocenters. The van der Waals surface area contributed by atoms with Crippen molar-refractivity contribution in [1.29, 1.82) is 0 Å². The number of hydrogen-bond donors (Lipinski definition) is 0. The zero-order valence-corrected chi connectivity index (χ0v) is 14.5. The minimum absolute atomic E-state index is 0.00945. The van der Waals surface area contributed by atoms with Crippen LogP contribution in [0, 0.1) is 13.8 Å². The Kier molecular flexibility index (Phi) is 4.65. The summed E-state index contributed by atoms with van der Waals surface area (Å²) in [5.41, 5.74) is 3.83. The van der Waals surface area contributed by atoms with Gasteiger partial charge < -0.3 is 4.74 Å². The van der Waals surface area contributed by atoms with Crippen LogP contribution in [0.3, 0.4) is 0 Å². The highest BCUT2D eigenvalue weighted by Crippen LogP contribution is 2.14. The molecule has 7 nitrogen and oxygen atoms in total. The molecular weight excluding hydrogens is 320 g/mol. The van der Waals surface area contributed by atoms with Gasteiger partial charge >= 0.3 is 5.97 Å². The van der Waals surface area contributed by atoms with Crippen LogP contribution >= 0.6 is 0 Å². The summed E-state index contributed by atoms with van der Waals surface area (Å²) >= 11 is 0. The van der Waals surface area contributed by atoms with E-state index in [-0.39, 0.29) is 24.6 Å². The Bertz CT molecular complexity index is 988. The van der Waals surface area contributed by atoms with E-state index < -0.39 is 0 Å². The molecule has 25 heavy (non-hydrogen) atoms. The number of fused-ring (bicyclic) bond motifs is 1. The molecule has 3 aromatic heterocycles. The lowest BCUT2D eigenvalue weighted by molar-refractivity contribution is -0.145. The Morgan fingerprint density at radius 1 is 1.28 bits per heavy atom. The first kappa shape index (κ1) is 16.9. The van der Waals surface area contributed by atoms with Crippen LogP contribution in [0.1, 0.15) is 29.1 Å². The fourth-order valence-electron chi connectivity index (χ4n) is 2.81. The van der Waals surface area contributed by atoms with Gasteiger partial charge in [0.15, 0.2) is 0 Å². The fourth-order valence-corrected chi connectivity index (χ4v) is 2.81. The first-order valence-electron chi connectivity index (χ1n) is 8.07. The number of rotatable bonds is 5. The van der Waals surface area contributed by atoms with Crippen molar-refractivity contribution in [2.24, 2.45) is 7.05 Å². The molecule has 0 N–H and O–H groups in total. The van der Waals surface area contributed by atoms with Crippen LogP contribution < -0.4 is 5.56 Å². The van der Waals surface area contributed by atoms with Crippen molar-refractivity contribution in [1.82, 2.24) is 19.2 Å². The normalized spacial score (nSPS) is 11.0. The number of carbonyl (C=O) groups is 1. The molecule has 0 atom stereocenters. The van der Waals surface area contributed by atoms with Crippen LogP contribution in [-0.4, -0.2) is 25.1 Å². The summed E-state index contributed by atoms with van der Waals surface area (Å²) < 4.78 is 8.52. The largest absolute Gasteiger partial charge is 0.459 e. The maximum Gasteiger partial charge on any atom is 0.306 e. The number of pyridine rings is 1. The highest BCUT2D eigenvalue weighted by molar-refractivity contribution is 5.69. The Morgan fingerprint density at radius 2 is 2.08 bits per heavy atom. The lowest BCUT2D eigenvalue weighted by Gasteiger charge is -2.06. The first-order chi connectivity index (χ1) is 12.0. The van der Waals surface area contributed by atoms with Gasteiger partial charge in [0.1, 0.15) is 12.3 Å². The molecule has 0 bridgehead atoms. The van der Waals surface area contributed by atoms with E-state index in [1.165, 1.54) is 10.5 Å².